The lowest BCUT2D eigenvalue weighted by Gasteiger charge is -2.19. The summed E-state index contributed by atoms with van der Waals surface area (Å²) in [6.45, 7) is 0. The van der Waals surface area contributed by atoms with Crippen LogP contribution in [0.25, 0.3) is 6.08 Å². The molecule has 0 aromatic heterocycles. The third-order valence-corrected chi connectivity index (χ3v) is 2.05. The number of fused-ring (bicyclic) bond motifs is 1. The van der Waals surface area contributed by atoms with E-state index in [1.807, 2.05) is 30.3 Å². The molecular weight excluding hydrogens is 164 g/mol. The summed E-state index contributed by atoms with van der Waals surface area (Å²) in [6.07, 6.45) is 3.67. The summed E-state index contributed by atoms with van der Waals surface area (Å²) >= 11 is 0. The average Bonchev–Trinajstić information content (AvgIpc) is 2.17. The number of carbonyl (C=O) groups excluding carboxylic acids is 1. The topological polar surface area (TPSA) is 55.1 Å². The number of nitrogens with two attached hydrogens (primary N) is 1. The van der Waals surface area contributed by atoms with Gasteiger partial charge in [-0.25, -0.2) is 0 Å². The van der Waals surface area contributed by atoms with Crippen molar-refractivity contribution < 1.29 is 4.79 Å². The smallest absolute Gasteiger partial charge is 0.243 e. The molecular formula is C10H10N2O. The predicted molar refractivity (Wildman–Crippen MR) is 52.1 cm³/mol. The van der Waals surface area contributed by atoms with Gasteiger partial charge in [0.15, 0.2) is 0 Å². The van der Waals surface area contributed by atoms with Gasteiger partial charge in [-0.2, -0.15) is 0 Å². The Balaban J connectivity index is 2.34. The van der Waals surface area contributed by atoms with Crippen molar-refractivity contribution in [2.24, 2.45) is 5.73 Å². The van der Waals surface area contributed by atoms with E-state index in [4.69, 9.17) is 5.73 Å². The molecule has 1 aliphatic rings. The van der Waals surface area contributed by atoms with Crippen molar-refractivity contribution in [2.75, 3.05) is 5.32 Å². The summed E-state index contributed by atoms with van der Waals surface area (Å²) in [5.74, 6) is -0.356. The highest BCUT2D eigenvalue weighted by Gasteiger charge is 2.15. The van der Waals surface area contributed by atoms with Gasteiger partial charge in [-0.05, 0) is 11.6 Å². The fourth-order valence-electron chi connectivity index (χ4n) is 1.36. The molecule has 66 valence electrons. The van der Waals surface area contributed by atoms with E-state index in [9.17, 15) is 4.79 Å². The SMILES string of the molecule is NC(=O)C1C=Cc2ccccc2N1. The Hall–Kier alpha value is -1.77. The van der Waals surface area contributed by atoms with Gasteiger partial charge in [0.1, 0.15) is 6.04 Å². The van der Waals surface area contributed by atoms with E-state index in [1.165, 1.54) is 0 Å². The Labute approximate surface area is 76.2 Å². The molecule has 1 aromatic rings. The van der Waals surface area contributed by atoms with Crippen LogP contribution < -0.4 is 11.1 Å². The molecule has 3 N–H and O–H groups in total. The normalized spacial score (nSPS) is 18.9. The quantitative estimate of drug-likeness (QED) is 0.666. The average molecular weight is 174 g/mol. The zero-order valence-corrected chi connectivity index (χ0v) is 7.03. The molecule has 0 saturated heterocycles. The van der Waals surface area contributed by atoms with Crippen molar-refractivity contribution in [3.63, 3.8) is 0 Å². The molecule has 1 heterocycles. The van der Waals surface area contributed by atoms with Crippen LogP contribution in [0.4, 0.5) is 5.69 Å². The zero-order chi connectivity index (χ0) is 9.26. The van der Waals surface area contributed by atoms with Crippen molar-refractivity contribution in [1.29, 1.82) is 0 Å². The molecule has 0 saturated carbocycles. The summed E-state index contributed by atoms with van der Waals surface area (Å²) in [7, 11) is 0. The lowest BCUT2D eigenvalue weighted by Crippen LogP contribution is -2.34. The fraction of sp³-hybridized carbons (Fsp3) is 0.100. The van der Waals surface area contributed by atoms with E-state index >= 15 is 0 Å². The van der Waals surface area contributed by atoms with Crippen LogP contribution in [0.1, 0.15) is 5.56 Å². The molecule has 13 heavy (non-hydrogen) atoms. The molecule has 1 amide bonds. The Morgan fingerprint density at radius 3 is 2.92 bits per heavy atom. The van der Waals surface area contributed by atoms with E-state index in [0.29, 0.717) is 0 Å². The van der Waals surface area contributed by atoms with Crippen LogP contribution in [0.3, 0.4) is 0 Å². The Morgan fingerprint density at radius 1 is 1.38 bits per heavy atom. The van der Waals surface area contributed by atoms with Crippen LogP contribution in [0.2, 0.25) is 0 Å². The van der Waals surface area contributed by atoms with Gasteiger partial charge in [-0.1, -0.05) is 30.4 Å². The Morgan fingerprint density at radius 2 is 2.15 bits per heavy atom. The van der Waals surface area contributed by atoms with Crippen molar-refractivity contribution in [1.82, 2.24) is 0 Å². The minimum Gasteiger partial charge on any atom is -0.370 e. The molecule has 1 atom stereocenters. The van der Waals surface area contributed by atoms with E-state index in [2.05, 4.69) is 5.32 Å². The van der Waals surface area contributed by atoms with Crippen LogP contribution in [0.5, 0.6) is 0 Å². The molecule has 2 rings (SSSR count). The van der Waals surface area contributed by atoms with Gasteiger partial charge < -0.3 is 11.1 Å². The number of carbonyl (C=O) groups is 1. The molecule has 3 nitrogen and oxygen atoms in total. The van der Waals surface area contributed by atoms with Crippen molar-refractivity contribution in [2.45, 2.75) is 6.04 Å². The molecule has 0 radical (unpaired) electrons. The molecule has 3 heteroatoms. The van der Waals surface area contributed by atoms with E-state index in [1.54, 1.807) is 6.08 Å². The minimum absolute atomic E-state index is 0.356. The van der Waals surface area contributed by atoms with Gasteiger partial charge in [-0.15, -0.1) is 0 Å². The number of hydrogen-bond donors (Lipinski definition) is 2. The first kappa shape index (κ1) is 7.86. The number of nitrogens with one attached hydrogen (secondary N) is 1. The van der Waals surface area contributed by atoms with E-state index in [-0.39, 0.29) is 11.9 Å². The summed E-state index contributed by atoms with van der Waals surface area (Å²) < 4.78 is 0. The molecule has 0 spiro atoms. The number of benzene rings is 1. The first-order valence-corrected chi connectivity index (χ1v) is 4.10. The van der Waals surface area contributed by atoms with Gasteiger partial charge in [0.25, 0.3) is 0 Å². The fourth-order valence-corrected chi connectivity index (χ4v) is 1.36. The number of primary amides is 1. The minimum atomic E-state index is -0.380. The van der Waals surface area contributed by atoms with Gasteiger partial charge >= 0.3 is 0 Å². The predicted octanol–water partition coefficient (Wildman–Crippen LogP) is 0.979. The standard InChI is InChI=1S/C10H10N2O/c11-10(13)9-6-5-7-3-1-2-4-8(7)12-9/h1-6,9,12H,(H2,11,13). The summed E-state index contributed by atoms with van der Waals surface area (Å²) in [5, 5.41) is 3.04. The largest absolute Gasteiger partial charge is 0.370 e. The van der Waals surface area contributed by atoms with Crippen molar-refractivity contribution >= 4 is 17.7 Å². The van der Waals surface area contributed by atoms with E-state index in [0.717, 1.165) is 11.3 Å². The highest BCUT2D eigenvalue weighted by atomic mass is 16.1. The van der Waals surface area contributed by atoms with Crippen LogP contribution in [0, 0.1) is 0 Å². The highest BCUT2D eigenvalue weighted by molar-refractivity contribution is 5.89. The first-order valence-electron chi connectivity index (χ1n) is 4.10. The lowest BCUT2D eigenvalue weighted by molar-refractivity contribution is -0.117. The highest BCUT2D eigenvalue weighted by Crippen LogP contribution is 2.21. The second-order valence-electron chi connectivity index (χ2n) is 2.97. The van der Waals surface area contributed by atoms with Crippen LogP contribution in [-0.2, 0) is 4.79 Å². The number of para-hydroxylation sites is 1. The second kappa shape index (κ2) is 2.94. The Kier molecular flexibility index (Phi) is 1.77. The summed E-state index contributed by atoms with van der Waals surface area (Å²) in [5.41, 5.74) is 7.21. The lowest BCUT2D eigenvalue weighted by atomic mass is 10.1. The molecule has 1 unspecified atom stereocenters. The maximum Gasteiger partial charge on any atom is 0.243 e. The third kappa shape index (κ3) is 1.40. The number of amides is 1. The van der Waals surface area contributed by atoms with Crippen LogP contribution in [-0.4, -0.2) is 11.9 Å². The van der Waals surface area contributed by atoms with Gasteiger partial charge in [0.2, 0.25) is 5.91 Å². The van der Waals surface area contributed by atoms with E-state index < -0.39 is 0 Å². The maximum atomic E-state index is 10.9. The molecule has 1 aliphatic heterocycles. The number of rotatable bonds is 1. The number of anilines is 1. The van der Waals surface area contributed by atoms with Crippen molar-refractivity contribution in [3.8, 4) is 0 Å². The second-order valence-corrected chi connectivity index (χ2v) is 2.97. The number of hydrogen-bond acceptors (Lipinski definition) is 2. The van der Waals surface area contributed by atoms with Gasteiger partial charge in [0, 0.05) is 5.69 Å². The third-order valence-electron chi connectivity index (χ3n) is 2.05. The summed E-state index contributed by atoms with van der Waals surface area (Å²) in [6, 6.07) is 7.40. The summed E-state index contributed by atoms with van der Waals surface area (Å²) in [4.78, 5) is 10.9. The molecule has 0 aliphatic carbocycles. The maximum absolute atomic E-state index is 10.9. The van der Waals surface area contributed by atoms with Gasteiger partial charge in [0.05, 0.1) is 0 Å². The van der Waals surface area contributed by atoms with Crippen LogP contribution in [0.15, 0.2) is 30.3 Å². The monoisotopic (exact) mass is 174 g/mol. The molecule has 0 bridgehead atoms. The molecule has 1 aromatic carbocycles. The van der Waals surface area contributed by atoms with Gasteiger partial charge in [-0.3, -0.25) is 4.79 Å². The van der Waals surface area contributed by atoms with Crippen LogP contribution >= 0.6 is 0 Å². The van der Waals surface area contributed by atoms with Crippen molar-refractivity contribution in [3.05, 3.63) is 35.9 Å². The first-order chi connectivity index (χ1) is 6.27. The molecule has 0 fully saturated rings. The zero-order valence-electron chi connectivity index (χ0n) is 7.03. The Bertz CT molecular complexity index is 371.